The molecule has 16 heteroatoms. The zero-order chi connectivity index (χ0) is 39.3. The second-order valence-electron chi connectivity index (χ2n) is 16.6. The summed E-state index contributed by atoms with van der Waals surface area (Å²) in [4.78, 5) is 67.1. The minimum absolute atomic E-state index is 0.0286. The standard InChI is InChI=1S/C39H52N6O9S/c1-23(2)21-53-36(49)41-28-12-10-8-6-7-9-11-25-19-39(25,35(48)44-55(50,51)37(4)17-18-37)43-33(46)29-20-38(22-45(29)34(28)47)16-15-26-31-27(13-14-30(42-31)52-5)40-24(3)32(26)54-38/h9,11,13-14,23,25,28-29H,6-8,10,12,15-22H2,1-5H3,(H,41,49)(H,43,46)(H,44,48)/b11-9-/t25-,28+,29+,38-,39-/m1/s1. The summed E-state index contributed by atoms with van der Waals surface area (Å²) in [6, 6.07) is 1.50. The number of methoxy groups -OCH3 is 1. The molecule has 15 nitrogen and oxygen atoms in total. The minimum Gasteiger partial charge on any atom is -0.483 e. The zero-order valence-corrected chi connectivity index (χ0v) is 33.1. The van der Waals surface area contributed by atoms with E-state index in [1.165, 1.54) is 4.90 Å². The normalized spacial score (nSPS) is 29.4. The van der Waals surface area contributed by atoms with Crippen LogP contribution in [-0.4, -0.2) is 95.3 Å². The lowest BCUT2D eigenvalue weighted by Gasteiger charge is -2.36. The van der Waals surface area contributed by atoms with Crippen LogP contribution >= 0.6 is 0 Å². The van der Waals surface area contributed by atoms with E-state index < -0.39 is 67.7 Å². The molecule has 5 heterocycles. The van der Waals surface area contributed by atoms with Crippen molar-refractivity contribution in [3.63, 3.8) is 0 Å². The lowest BCUT2D eigenvalue weighted by Crippen LogP contribution is -2.58. The maximum atomic E-state index is 14.7. The Bertz CT molecular complexity index is 2030. The average Bonchev–Trinajstić information content (AvgIpc) is 4.04. The number of amides is 4. The molecule has 5 aliphatic rings. The van der Waals surface area contributed by atoms with Crippen LogP contribution in [0.2, 0.25) is 0 Å². The Morgan fingerprint density at radius 2 is 1.89 bits per heavy atom. The van der Waals surface area contributed by atoms with E-state index in [9.17, 15) is 27.6 Å². The number of aromatic nitrogens is 2. The number of nitrogens with zero attached hydrogens (tertiary/aromatic N) is 3. The predicted octanol–water partition coefficient (Wildman–Crippen LogP) is 3.76. The molecule has 7 rings (SSSR count). The van der Waals surface area contributed by atoms with Crippen LogP contribution < -0.4 is 24.8 Å². The van der Waals surface area contributed by atoms with Crippen LogP contribution in [0, 0.1) is 18.8 Å². The first kappa shape index (κ1) is 38.8. The summed E-state index contributed by atoms with van der Waals surface area (Å²) in [5.41, 5.74) is 0.302. The number of carbonyl (C=O) groups excluding carboxylic acids is 4. The van der Waals surface area contributed by atoms with Gasteiger partial charge in [-0.15, -0.1) is 0 Å². The van der Waals surface area contributed by atoms with Gasteiger partial charge in [-0.1, -0.05) is 38.8 Å². The molecule has 0 aromatic carbocycles. The molecule has 2 saturated carbocycles. The van der Waals surface area contributed by atoms with E-state index in [1.807, 2.05) is 39.0 Å². The molecule has 55 heavy (non-hydrogen) atoms. The maximum Gasteiger partial charge on any atom is 0.407 e. The fraction of sp³-hybridized carbons (Fsp3) is 0.641. The number of alkyl carbamates (subject to hydrolysis) is 1. The summed E-state index contributed by atoms with van der Waals surface area (Å²) < 4.78 is 45.3. The molecule has 3 aliphatic heterocycles. The highest BCUT2D eigenvalue weighted by Gasteiger charge is 2.64. The average molecular weight is 781 g/mol. The summed E-state index contributed by atoms with van der Waals surface area (Å²) in [7, 11) is -2.45. The molecule has 2 aromatic heterocycles. The molecule has 1 saturated heterocycles. The summed E-state index contributed by atoms with van der Waals surface area (Å²) in [6.45, 7) is 7.47. The van der Waals surface area contributed by atoms with E-state index in [0.29, 0.717) is 73.3 Å². The van der Waals surface area contributed by atoms with Crippen LogP contribution in [0.4, 0.5) is 4.79 Å². The van der Waals surface area contributed by atoms with Crippen molar-refractivity contribution in [3.05, 3.63) is 35.5 Å². The molecular weight excluding hydrogens is 729 g/mol. The Balaban J connectivity index is 1.23. The molecule has 0 unspecified atom stereocenters. The molecule has 5 atom stereocenters. The smallest absolute Gasteiger partial charge is 0.407 e. The largest absolute Gasteiger partial charge is 0.483 e. The molecule has 0 bridgehead atoms. The molecule has 1 spiro atoms. The van der Waals surface area contributed by atoms with Crippen LogP contribution in [-0.2, 0) is 35.6 Å². The highest BCUT2D eigenvalue weighted by molar-refractivity contribution is 7.91. The topological polar surface area (TPSA) is 195 Å². The number of allylic oxidation sites excluding steroid dienone is 1. The van der Waals surface area contributed by atoms with E-state index in [-0.39, 0.29) is 31.9 Å². The third-order valence-electron chi connectivity index (χ3n) is 11.8. The van der Waals surface area contributed by atoms with Gasteiger partial charge in [0.15, 0.2) is 0 Å². The van der Waals surface area contributed by atoms with Gasteiger partial charge in [0.05, 0.1) is 41.7 Å². The van der Waals surface area contributed by atoms with Gasteiger partial charge < -0.3 is 29.7 Å². The fourth-order valence-corrected chi connectivity index (χ4v) is 9.38. The second kappa shape index (κ2) is 14.6. The van der Waals surface area contributed by atoms with Gasteiger partial charge in [0.2, 0.25) is 27.7 Å². The summed E-state index contributed by atoms with van der Waals surface area (Å²) in [5, 5.41) is 5.72. The van der Waals surface area contributed by atoms with Gasteiger partial charge in [-0.2, -0.15) is 0 Å². The van der Waals surface area contributed by atoms with Gasteiger partial charge in [-0.25, -0.2) is 23.2 Å². The van der Waals surface area contributed by atoms with E-state index in [4.69, 9.17) is 19.2 Å². The molecule has 298 valence electrons. The molecule has 0 radical (unpaired) electrons. The van der Waals surface area contributed by atoms with Gasteiger partial charge in [0.1, 0.15) is 29.0 Å². The van der Waals surface area contributed by atoms with Gasteiger partial charge in [0.25, 0.3) is 5.91 Å². The van der Waals surface area contributed by atoms with Gasteiger partial charge in [-0.3, -0.25) is 19.1 Å². The van der Waals surface area contributed by atoms with E-state index in [2.05, 4.69) is 20.3 Å². The number of rotatable bonds is 7. The first-order valence-corrected chi connectivity index (χ1v) is 20.9. The molecule has 2 aromatic rings. The zero-order valence-electron chi connectivity index (χ0n) is 32.2. The summed E-state index contributed by atoms with van der Waals surface area (Å²) in [5.74, 6) is -1.23. The predicted molar refractivity (Wildman–Crippen MR) is 202 cm³/mol. The number of fused-ring (bicyclic) bond motifs is 5. The Hall–Kier alpha value is -4.47. The first-order chi connectivity index (χ1) is 26.1. The third kappa shape index (κ3) is 7.58. The number of sulfonamides is 1. The van der Waals surface area contributed by atoms with Crippen molar-refractivity contribution in [2.75, 3.05) is 20.3 Å². The van der Waals surface area contributed by atoms with Crippen LogP contribution in [0.3, 0.4) is 0 Å². The number of carbonyl (C=O) groups is 4. The van der Waals surface area contributed by atoms with Crippen molar-refractivity contribution in [2.24, 2.45) is 11.8 Å². The molecule has 4 amide bonds. The molecular formula is C39H52N6O9S. The monoisotopic (exact) mass is 780 g/mol. The number of ether oxygens (including phenoxy) is 3. The molecule has 2 aliphatic carbocycles. The quantitative estimate of drug-likeness (QED) is 0.347. The van der Waals surface area contributed by atoms with Crippen molar-refractivity contribution >= 4 is 44.9 Å². The fourth-order valence-electron chi connectivity index (χ4n) is 8.07. The lowest BCUT2D eigenvalue weighted by molar-refractivity contribution is -0.141. The van der Waals surface area contributed by atoms with Crippen LogP contribution in [0.1, 0.15) is 96.2 Å². The van der Waals surface area contributed by atoms with Crippen molar-refractivity contribution < 1.29 is 41.8 Å². The highest BCUT2D eigenvalue weighted by atomic mass is 32.2. The van der Waals surface area contributed by atoms with Crippen molar-refractivity contribution in [3.8, 4) is 11.6 Å². The maximum absolute atomic E-state index is 14.7. The van der Waals surface area contributed by atoms with Crippen LogP contribution in [0.5, 0.6) is 11.6 Å². The number of nitrogens with one attached hydrogen (secondary N) is 3. The minimum atomic E-state index is -3.99. The van der Waals surface area contributed by atoms with Crippen molar-refractivity contribution in [1.82, 2.24) is 30.2 Å². The number of aryl methyl sites for hydroxylation is 2. The Labute approximate surface area is 321 Å². The summed E-state index contributed by atoms with van der Waals surface area (Å²) >= 11 is 0. The van der Waals surface area contributed by atoms with E-state index in [0.717, 1.165) is 18.4 Å². The molecule has 3 N–H and O–H groups in total. The lowest BCUT2D eigenvalue weighted by atomic mass is 9.88. The van der Waals surface area contributed by atoms with Gasteiger partial charge in [0, 0.05) is 24.0 Å². The number of hydrogen-bond donors (Lipinski definition) is 3. The number of pyridine rings is 2. The van der Waals surface area contributed by atoms with Gasteiger partial charge >= 0.3 is 6.09 Å². The van der Waals surface area contributed by atoms with Gasteiger partial charge in [-0.05, 0) is 77.2 Å². The number of hydrogen-bond acceptors (Lipinski definition) is 11. The first-order valence-electron chi connectivity index (χ1n) is 19.4. The highest BCUT2D eigenvalue weighted by Crippen LogP contribution is 2.49. The third-order valence-corrected chi connectivity index (χ3v) is 14.0. The van der Waals surface area contributed by atoms with Crippen molar-refractivity contribution in [2.45, 2.75) is 126 Å². The van der Waals surface area contributed by atoms with Crippen LogP contribution in [0.15, 0.2) is 24.3 Å². The Kier molecular flexibility index (Phi) is 10.3. The van der Waals surface area contributed by atoms with E-state index in [1.54, 1.807) is 20.1 Å². The van der Waals surface area contributed by atoms with E-state index >= 15 is 0 Å². The Morgan fingerprint density at radius 3 is 2.62 bits per heavy atom. The van der Waals surface area contributed by atoms with Crippen LogP contribution in [0.25, 0.3) is 11.0 Å². The summed E-state index contributed by atoms with van der Waals surface area (Å²) in [6.07, 6.45) is 8.49. The Morgan fingerprint density at radius 1 is 1.11 bits per heavy atom. The molecule has 3 fully saturated rings. The van der Waals surface area contributed by atoms with Crippen molar-refractivity contribution in [1.29, 1.82) is 0 Å². The second-order valence-corrected chi connectivity index (χ2v) is 18.8. The SMILES string of the molecule is COc1ccc2nc(C)c3c(c2n1)CC[C@]1(C[C@H]2C(=O)N[C@]4(C(=O)NS(=O)(=O)C5(C)CC5)C[C@H]4/C=C\CCCCC[C@H](NC(=O)OCC(C)C)C(=O)N2C1)O3.